The fraction of sp³-hybridized carbons (Fsp3) is 0.0500. The van der Waals surface area contributed by atoms with Gasteiger partial charge in [-0.1, -0.05) is 47.0 Å². The molecule has 0 atom stereocenters. The molecule has 5 nitrogen and oxygen atoms in total. The van der Waals surface area contributed by atoms with Crippen LogP contribution in [-0.4, -0.2) is 14.3 Å². The number of benzene rings is 3. The third kappa shape index (κ3) is 4.84. The Kier molecular flexibility index (Phi) is 5.93. The van der Waals surface area contributed by atoms with Crippen LogP contribution in [0.4, 0.5) is 11.4 Å². The average Bonchev–Trinajstić information content (AvgIpc) is 2.65. The lowest BCUT2D eigenvalue weighted by atomic mass is 10.2. The van der Waals surface area contributed by atoms with Crippen molar-refractivity contribution in [3.05, 3.63) is 87.9 Å². The Morgan fingerprint density at radius 1 is 0.857 bits per heavy atom. The third-order valence-electron chi connectivity index (χ3n) is 3.89. The highest BCUT2D eigenvalue weighted by Gasteiger charge is 2.15. The minimum absolute atomic E-state index is 0.142. The molecule has 0 aliphatic carbocycles. The van der Waals surface area contributed by atoms with Crippen molar-refractivity contribution in [2.45, 2.75) is 11.8 Å². The van der Waals surface area contributed by atoms with Gasteiger partial charge in [0.05, 0.1) is 14.9 Å². The summed E-state index contributed by atoms with van der Waals surface area (Å²) in [6.07, 6.45) is 0. The Morgan fingerprint density at radius 2 is 1.57 bits per heavy atom. The van der Waals surface area contributed by atoms with Gasteiger partial charge in [-0.25, -0.2) is 8.42 Å². The summed E-state index contributed by atoms with van der Waals surface area (Å²) in [4.78, 5) is 12.6. The summed E-state index contributed by atoms with van der Waals surface area (Å²) >= 11 is 11.8. The average molecular weight is 435 g/mol. The molecular formula is C20H16Cl2N2O3S. The van der Waals surface area contributed by atoms with Gasteiger partial charge in [-0.05, 0) is 55.5 Å². The number of rotatable bonds is 5. The van der Waals surface area contributed by atoms with Crippen molar-refractivity contribution in [3.8, 4) is 0 Å². The van der Waals surface area contributed by atoms with E-state index >= 15 is 0 Å². The number of hydrogen-bond donors (Lipinski definition) is 2. The topological polar surface area (TPSA) is 75.3 Å². The standard InChI is InChI=1S/C20H16Cl2N2O3S/c1-13-5-8-17(9-6-13)28(26,27)24-16-4-2-3-14(11-16)20(25)23-15-7-10-18(21)19(22)12-15/h2-12,24H,1H3,(H,23,25). The van der Waals surface area contributed by atoms with E-state index in [1.807, 2.05) is 6.92 Å². The Balaban J connectivity index is 1.78. The first kappa shape index (κ1) is 20.2. The van der Waals surface area contributed by atoms with E-state index in [0.717, 1.165) is 5.56 Å². The van der Waals surface area contributed by atoms with Crippen molar-refractivity contribution >= 4 is 50.5 Å². The predicted octanol–water partition coefficient (Wildman–Crippen LogP) is 5.35. The Hall–Kier alpha value is -2.54. The van der Waals surface area contributed by atoms with Crippen LogP contribution < -0.4 is 10.0 Å². The second-order valence-corrected chi connectivity index (χ2v) is 8.58. The van der Waals surface area contributed by atoms with Gasteiger partial charge in [-0.2, -0.15) is 0 Å². The summed E-state index contributed by atoms with van der Waals surface area (Å²) in [7, 11) is -3.76. The normalized spacial score (nSPS) is 11.1. The minimum atomic E-state index is -3.76. The van der Waals surface area contributed by atoms with Crippen LogP contribution >= 0.6 is 23.2 Å². The molecule has 0 saturated heterocycles. The first-order valence-corrected chi connectivity index (χ1v) is 10.4. The zero-order chi connectivity index (χ0) is 20.3. The van der Waals surface area contributed by atoms with Gasteiger partial charge in [0.1, 0.15) is 0 Å². The van der Waals surface area contributed by atoms with Gasteiger partial charge in [0.15, 0.2) is 0 Å². The van der Waals surface area contributed by atoms with E-state index in [0.29, 0.717) is 15.7 Å². The van der Waals surface area contributed by atoms with Crippen LogP contribution in [0.2, 0.25) is 10.0 Å². The number of amides is 1. The molecule has 144 valence electrons. The highest BCUT2D eigenvalue weighted by molar-refractivity contribution is 7.92. The third-order valence-corrected chi connectivity index (χ3v) is 6.02. The molecule has 3 aromatic carbocycles. The van der Waals surface area contributed by atoms with Crippen LogP contribution in [-0.2, 0) is 10.0 Å². The van der Waals surface area contributed by atoms with Crippen LogP contribution in [0.1, 0.15) is 15.9 Å². The number of sulfonamides is 1. The molecule has 3 aromatic rings. The van der Waals surface area contributed by atoms with E-state index in [4.69, 9.17) is 23.2 Å². The molecule has 0 aliphatic heterocycles. The molecule has 0 radical (unpaired) electrons. The molecule has 0 unspecified atom stereocenters. The highest BCUT2D eigenvalue weighted by atomic mass is 35.5. The number of anilines is 2. The van der Waals surface area contributed by atoms with E-state index < -0.39 is 15.9 Å². The molecule has 2 N–H and O–H groups in total. The molecule has 0 fully saturated rings. The van der Waals surface area contributed by atoms with Crippen molar-refractivity contribution in [1.29, 1.82) is 0 Å². The van der Waals surface area contributed by atoms with Crippen LogP contribution in [0.5, 0.6) is 0 Å². The van der Waals surface area contributed by atoms with Crippen molar-refractivity contribution in [2.75, 3.05) is 10.0 Å². The van der Waals surface area contributed by atoms with Gasteiger partial charge in [-0.15, -0.1) is 0 Å². The van der Waals surface area contributed by atoms with Crippen LogP contribution in [0.15, 0.2) is 71.6 Å². The van der Waals surface area contributed by atoms with Gasteiger partial charge < -0.3 is 5.32 Å². The number of carbonyl (C=O) groups excluding carboxylic acids is 1. The first-order valence-electron chi connectivity index (χ1n) is 8.20. The quantitative estimate of drug-likeness (QED) is 0.567. The smallest absolute Gasteiger partial charge is 0.261 e. The zero-order valence-electron chi connectivity index (χ0n) is 14.7. The largest absolute Gasteiger partial charge is 0.322 e. The molecule has 0 heterocycles. The van der Waals surface area contributed by atoms with Gasteiger partial charge in [0.2, 0.25) is 0 Å². The molecule has 1 amide bonds. The lowest BCUT2D eigenvalue weighted by Gasteiger charge is -2.10. The Morgan fingerprint density at radius 3 is 2.25 bits per heavy atom. The molecule has 0 bridgehead atoms. The van der Waals surface area contributed by atoms with E-state index in [1.165, 1.54) is 24.3 Å². The van der Waals surface area contributed by atoms with Gasteiger partial charge in [-0.3, -0.25) is 9.52 Å². The maximum Gasteiger partial charge on any atom is 0.261 e. The van der Waals surface area contributed by atoms with E-state index in [-0.39, 0.29) is 16.1 Å². The molecule has 0 aliphatic rings. The summed E-state index contributed by atoms with van der Waals surface area (Å²) in [5.74, 6) is -0.408. The minimum Gasteiger partial charge on any atom is -0.322 e. The van der Waals surface area contributed by atoms with Crippen molar-refractivity contribution < 1.29 is 13.2 Å². The summed E-state index contributed by atoms with van der Waals surface area (Å²) in [5, 5.41) is 3.40. The second kappa shape index (κ2) is 8.22. The van der Waals surface area contributed by atoms with E-state index in [2.05, 4.69) is 10.0 Å². The number of hydrogen-bond acceptors (Lipinski definition) is 3. The van der Waals surface area contributed by atoms with E-state index in [1.54, 1.807) is 42.5 Å². The maximum atomic E-state index is 12.5. The lowest BCUT2D eigenvalue weighted by Crippen LogP contribution is -2.15. The van der Waals surface area contributed by atoms with Crippen molar-refractivity contribution in [2.24, 2.45) is 0 Å². The van der Waals surface area contributed by atoms with Crippen molar-refractivity contribution in [1.82, 2.24) is 0 Å². The summed E-state index contributed by atoms with van der Waals surface area (Å²) in [6.45, 7) is 1.87. The maximum absolute atomic E-state index is 12.5. The first-order chi connectivity index (χ1) is 13.2. The van der Waals surface area contributed by atoms with Crippen LogP contribution in [0, 0.1) is 6.92 Å². The highest BCUT2D eigenvalue weighted by Crippen LogP contribution is 2.25. The van der Waals surface area contributed by atoms with Crippen molar-refractivity contribution in [3.63, 3.8) is 0 Å². The second-order valence-electron chi connectivity index (χ2n) is 6.08. The SMILES string of the molecule is Cc1ccc(S(=O)(=O)Nc2cccc(C(=O)Nc3ccc(Cl)c(Cl)c3)c2)cc1. The molecule has 0 saturated carbocycles. The van der Waals surface area contributed by atoms with Gasteiger partial charge in [0, 0.05) is 16.9 Å². The Labute approximate surface area is 173 Å². The predicted molar refractivity (Wildman–Crippen MR) is 113 cm³/mol. The summed E-state index contributed by atoms with van der Waals surface area (Å²) < 4.78 is 27.5. The van der Waals surface area contributed by atoms with Crippen LogP contribution in [0.25, 0.3) is 0 Å². The fourth-order valence-corrected chi connectivity index (χ4v) is 3.78. The van der Waals surface area contributed by atoms with E-state index in [9.17, 15) is 13.2 Å². The molecule has 8 heteroatoms. The van der Waals surface area contributed by atoms with Crippen LogP contribution in [0.3, 0.4) is 0 Å². The molecule has 3 rings (SSSR count). The molecular weight excluding hydrogens is 419 g/mol. The zero-order valence-corrected chi connectivity index (χ0v) is 17.1. The number of halogens is 2. The number of nitrogens with one attached hydrogen (secondary N) is 2. The Bertz CT molecular complexity index is 1130. The molecule has 0 aromatic heterocycles. The lowest BCUT2D eigenvalue weighted by molar-refractivity contribution is 0.102. The summed E-state index contributed by atoms with van der Waals surface area (Å²) in [6, 6.07) is 17.4. The monoisotopic (exact) mass is 434 g/mol. The number of carbonyl (C=O) groups is 1. The fourth-order valence-electron chi connectivity index (χ4n) is 2.43. The number of aryl methyl sites for hydroxylation is 1. The van der Waals surface area contributed by atoms with Gasteiger partial charge >= 0.3 is 0 Å². The van der Waals surface area contributed by atoms with Gasteiger partial charge in [0.25, 0.3) is 15.9 Å². The molecule has 28 heavy (non-hydrogen) atoms. The molecule has 0 spiro atoms. The summed E-state index contributed by atoms with van der Waals surface area (Å²) in [5.41, 5.74) is 2.00.